The van der Waals surface area contributed by atoms with Crippen molar-refractivity contribution in [1.82, 2.24) is 5.32 Å². The van der Waals surface area contributed by atoms with E-state index < -0.39 is 31.4 Å². The van der Waals surface area contributed by atoms with Crippen LogP contribution in [0.5, 0.6) is 0 Å². The lowest BCUT2D eigenvalue weighted by molar-refractivity contribution is -0.120. The van der Waals surface area contributed by atoms with Crippen molar-refractivity contribution >= 4 is 19.4 Å². The molecule has 0 radical (unpaired) electrons. The van der Waals surface area contributed by atoms with Crippen LogP contribution in [0.2, 0.25) is 0 Å². The summed E-state index contributed by atoms with van der Waals surface area (Å²) in [5.41, 5.74) is 6.31. The van der Waals surface area contributed by atoms with E-state index in [9.17, 15) is 14.2 Å². The van der Waals surface area contributed by atoms with Gasteiger partial charge in [-0.15, -0.1) is 0 Å². The van der Waals surface area contributed by atoms with Gasteiger partial charge in [0.2, 0.25) is 5.91 Å². The molecule has 3 N–H and O–H groups in total. The lowest BCUT2D eigenvalue weighted by Gasteiger charge is -2.18. The number of carbonyl (C=O) groups excluding carboxylic acids is 2. The maximum atomic E-state index is 12.6. The molecule has 0 heterocycles. The number of hydrogen-bond donors (Lipinski definition) is 2. The van der Waals surface area contributed by atoms with Crippen LogP contribution < -0.4 is 11.1 Å². The molecule has 0 aliphatic carbocycles. The van der Waals surface area contributed by atoms with Crippen molar-refractivity contribution < 1.29 is 23.2 Å². The van der Waals surface area contributed by atoms with Crippen molar-refractivity contribution in [3.05, 3.63) is 35.4 Å². The highest BCUT2D eigenvalue weighted by atomic mass is 31.2. The van der Waals surface area contributed by atoms with Crippen LogP contribution in [0.3, 0.4) is 0 Å². The van der Waals surface area contributed by atoms with Crippen molar-refractivity contribution in [1.29, 1.82) is 5.26 Å². The van der Waals surface area contributed by atoms with Crippen molar-refractivity contribution in [2.75, 3.05) is 13.2 Å². The number of nitrogens with one attached hydrogen (secondary N) is 1. The lowest BCUT2D eigenvalue weighted by atomic mass is 10.0. The average Bonchev–Trinajstić information content (AvgIpc) is 2.61. The van der Waals surface area contributed by atoms with Crippen LogP contribution >= 0.6 is 7.60 Å². The number of rotatable bonds is 11. The Hall–Kier alpha value is -2.20. The van der Waals surface area contributed by atoms with E-state index in [1.165, 1.54) is 0 Å². The molecule has 0 aliphatic heterocycles. The van der Waals surface area contributed by atoms with Crippen molar-refractivity contribution in [3.8, 4) is 6.07 Å². The minimum atomic E-state index is -3.23. The molecule has 0 fully saturated rings. The van der Waals surface area contributed by atoms with Gasteiger partial charge in [-0.2, -0.15) is 5.26 Å². The number of nitriles is 1. The zero-order chi connectivity index (χ0) is 20.4. The predicted molar refractivity (Wildman–Crippen MR) is 101 cm³/mol. The van der Waals surface area contributed by atoms with Gasteiger partial charge in [-0.3, -0.25) is 14.2 Å². The summed E-state index contributed by atoms with van der Waals surface area (Å²) < 4.78 is 23.1. The van der Waals surface area contributed by atoms with Crippen molar-refractivity contribution in [2.45, 2.75) is 39.4 Å². The number of amides is 2. The van der Waals surface area contributed by atoms with Gasteiger partial charge in [0.25, 0.3) is 5.91 Å². The minimum absolute atomic E-state index is 0.0974. The zero-order valence-electron chi connectivity index (χ0n) is 15.8. The molecule has 0 saturated heterocycles. The molecule has 1 aromatic rings. The van der Waals surface area contributed by atoms with E-state index in [1.807, 2.05) is 6.07 Å². The van der Waals surface area contributed by atoms with Crippen molar-refractivity contribution in [3.63, 3.8) is 0 Å². The Bertz CT molecular complexity index is 720. The number of nitrogens with two attached hydrogens (primary N) is 1. The molecule has 0 aromatic heterocycles. The molecule has 0 unspecified atom stereocenters. The molecule has 9 heteroatoms. The summed E-state index contributed by atoms with van der Waals surface area (Å²) in [6.45, 7) is 5.66. The van der Waals surface area contributed by atoms with Crippen LogP contribution in [0.15, 0.2) is 24.3 Å². The summed E-state index contributed by atoms with van der Waals surface area (Å²) in [4.78, 5) is 23.8. The van der Waals surface area contributed by atoms with E-state index in [0.29, 0.717) is 11.1 Å². The first-order chi connectivity index (χ1) is 12.7. The molecule has 0 spiro atoms. The van der Waals surface area contributed by atoms with Crippen LogP contribution in [-0.2, 0) is 24.6 Å². The predicted octanol–water partition coefficient (Wildman–Crippen LogP) is 2.59. The van der Waals surface area contributed by atoms with Gasteiger partial charge < -0.3 is 20.1 Å². The third-order valence-electron chi connectivity index (χ3n) is 3.70. The molecule has 2 atom stereocenters. The smallest absolute Gasteiger partial charge is 0.335 e. The molecule has 148 valence electrons. The van der Waals surface area contributed by atoms with Crippen LogP contribution in [0, 0.1) is 17.2 Å². The number of primary amides is 1. The highest BCUT2D eigenvalue weighted by molar-refractivity contribution is 7.53. The molecule has 0 bridgehead atoms. The summed E-state index contributed by atoms with van der Waals surface area (Å²) in [6.07, 6.45) is 0.238. The second-order valence-corrected chi connectivity index (χ2v) is 8.05. The zero-order valence-corrected chi connectivity index (χ0v) is 16.7. The summed E-state index contributed by atoms with van der Waals surface area (Å²) in [5, 5.41) is 11.4. The fourth-order valence-corrected chi connectivity index (χ4v) is 4.10. The Morgan fingerprint density at radius 2 is 1.78 bits per heavy atom. The van der Waals surface area contributed by atoms with Crippen LogP contribution in [0.4, 0.5) is 0 Å². The number of hydrogen-bond acceptors (Lipinski definition) is 6. The standard InChI is InChI=1S/C18H26N3O5P/c1-4-25-27(24,26-5-2)12-14-6-8-15(9-7-14)18(23)21-16(17(20)22)10-13(3)11-19/h6-9,13,16H,4-5,10,12H2,1-3H3,(H2,20,22)(H,21,23)/t13-,16-/m1/s1. The molecule has 1 rings (SSSR count). The van der Waals surface area contributed by atoms with E-state index in [4.69, 9.17) is 20.0 Å². The maximum absolute atomic E-state index is 12.6. The Balaban J connectivity index is 2.82. The van der Waals surface area contributed by atoms with E-state index in [-0.39, 0.29) is 25.8 Å². The normalized spacial score (nSPS) is 13.4. The van der Waals surface area contributed by atoms with Gasteiger partial charge in [-0.25, -0.2) is 0 Å². The number of nitrogens with zero attached hydrogens (tertiary/aromatic N) is 1. The monoisotopic (exact) mass is 395 g/mol. The van der Waals surface area contributed by atoms with Gasteiger partial charge in [-0.1, -0.05) is 12.1 Å². The number of benzene rings is 1. The van der Waals surface area contributed by atoms with Crippen molar-refractivity contribution in [2.24, 2.45) is 11.7 Å². The van der Waals surface area contributed by atoms with Gasteiger partial charge >= 0.3 is 7.60 Å². The van der Waals surface area contributed by atoms with Gasteiger partial charge in [-0.05, 0) is 44.9 Å². The molecule has 2 amide bonds. The Morgan fingerprint density at radius 3 is 2.22 bits per heavy atom. The maximum Gasteiger partial charge on any atom is 0.335 e. The van der Waals surface area contributed by atoms with E-state index in [2.05, 4.69) is 5.32 Å². The molecule has 8 nitrogen and oxygen atoms in total. The Morgan fingerprint density at radius 1 is 1.22 bits per heavy atom. The summed E-state index contributed by atoms with van der Waals surface area (Å²) >= 11 is 0. The van der Waals surface area contributed by atoms with Gasteiger partial charge in [0, 0.05) is 11.5 Å². The van der Waals surface area contributed by atoms with Crippen LogP contribution in [0.25, 0.3) is 0 Å². The first kappa shape index (κ1) is 22.8. The van der Waals surface area contributed by atoms with E-state index >= 15 is 0 Å². The van der Waals surface area contributed by atoms with E-state index in [0.717, 1.165) is 0 Å². The first-order valence-electron chi connectivity index (χ1n) is 8.71. The highest BCUT2D eigenvalue weighted by Gasteiger charge is 2.25. The molecule has 27 heavy (non-hydrogen) atoms. The second kappa shape index (κ2) is 10.8. The molecule has 0 aliphatic rings. The molecular weight excluding hydrogens is 369 g/mol. The Kier molecular flexibility index (Phi) is 9.16. The SMILES string of the molecule is CCOP(=O)(Cc1ccc(C(=O)N[C@H](C[C@@H](C)C#N)C(N)=O)cc1)OCC. The molecular formula is C18H26N3O5P. The molecule has 1 aromatic carbocycles. The summed E-state index contributed by atoms with van der Waals surface area (Å²) in [5.74, 6) is -1.60. The third kappa shape index (κ3) is 7.51. The topological polar surface area (TPSA) is 132 Å². The first-order valence-corrected chi connectivity index (χ1v) is 10.4. The number of carbonyl (C=O) groups is 2. The molecule has 0 saturated carbocycles. The van der Waals surface area contributed by atoms with Gasteiger partial charge in [0.05, 0.1) is 25.4 Å². The Labute approximate surface area is 159 Å². The van der Waals surface area contributed by atoms with Gasteiger partial charge in [0.1, 0.15) is 6.04 Å². The summed E-state index contributed by atoms with van der Waals surface area (Å²) in [7, 11) is -3.23. The third-order valence-corrected chi connectivity index (χ3v) is 5.76. The largest absolute Gasteiger partial charge is 0.368 e. The van der Waals surface area contributed by atoms with Crippen LogP contribution in [-0.4, -0.2) is 31.1 Å². The quantitative estimate of drug-likeness (QED) is 0.554. The minimum Gasteiger partial charge on any atom is -0.368 e. The van der Waals surface area contributed by atoms with Crippen LogP contribution in [0.1, 0.15) is 43.1 Å². The fraction of sp³-hybridized carbons (Fsp3) is 0.500. The second-order valence-electron chi connectivity index (χ2n) is 6.00. The van der Waals surface area contributed by atoms with Gasteiger partial charge in [0.15, 0.2) is 0 Å². The average molecular weight is 395 g/mol. The summed E-state index contributed by atoms with van der Waals surface area (Å²) in [6, 6.07) is 7.48. The highest BCUT2D eigenvalue weighted by Crippen LogP contribution is 2.51. The lowest BCUT2D eigenvalue weighted by Crippen LogP contribution is -2.45. The van der Waals surface area contributed by atoms with E-state index in [1.54, 1.807) is 45.0 Å². The fourth-order valence-electron chi connectivity index (χ4n) is 2.40.